The van der Waals surface area contributed by atoms with E-state index in [2.05, 4.69) is 52.5 Å². The first kappa shape index (κ1) is 21.4. The summed E-state index contributed by atoms with van der Waals surface area (Å²) in [5.41, 5.74) is 4.98. The molecule has 0 aliphatic carbocycles. The van der Waals surface area contributed by atoms with Crippen LogP contribution in [0.1, 0.15) is 28.6 Å². The maximum Gasteiger partial charge on any atom is 0.214 e. The van der Waals surface area contributed by atoms with Crippen LogP contribution < -0.4 is 9.80 Å². The molecule has 1 aromatic heterocycles. The molecule has 2 heterocycles. The number of aryl methyl sites for hydroxylation is 1. The van der Waals surface area contributed by atoms with Crippen molar-refractivity contribution in [3.8, 4) is 0 Å². The molecule has 1 saturated heterocycles. The Kier molecular flexibility index (Phi) is 6.58. The maximum absolute atomic E-state index is 13.6. The fourth-order valence-corrected chi connectivity index (χ4v) is 4.38. The van der Waals surface area contributed by atoms with E-state index in [0.29, 0.717) is 13.2 Å². The van der Waals surface area contributed by atoms with Gasteiger partial charge in [0.05, 0.1) is 39.3 Å². The summed E-state index contributed by atoms with van der Waals surface area (Å²) in [6, 6.07) is 13.1. The van der Waals surface area contributed by atoms with Crippen LogP contribution in [0.4, 0.5) is 10.1 Å². The molecular formula is C23H30FN6O+. The van der Waals surface area contributed by atoms with E-state index >= 15 is 0 Å². The number of nitrogens with one attached hydrogen (secondary N) is 1. The van der Waals surface area contributed by atoms with E-state index in [9.17, 15) is 4.39 Å². The molecule has 0 spiro atoms. The van der Waals surface area contributed by atoms with E-state index in [4.69, 9.17) is 4.74 Å². The number of hydrogen-bond donors (Lipinski definition) is 1. The van der Waals surface area contributed by atoms with Gasteiger partial charge < -0.3 is 14.5 Å². The van der Waals surface area contributed by atoms with Crippen molar-refractivity contribution >= 4 is 5.69 Å². The first-order valence-electron chi connectivity index (χ1n) is 10.7. The lowest BCUT2D eigenvalue weighted by Crippen LogP contribution is -3.15. The van der Waals surface area contributed by atoms with Crippen LogP contribution in [0.15, 0.2) is 42.5 Å². The molecule has 0 saturated carbocycles. The molecule has 0 bridgehead atoms. The third-order valence-electron chi connectivity index (χ3n) is 6.26. The lowest BCUT2D eigenvalue weighted by atomic mass is 10.0. The van der Waals surface area contributed by atoms with Gasteiger partial charge in [0.25, 0.3) is 0 Å². The minimum Gasteiger partial charge on any atom is -0.383 e. The highest BCUT2D eigenvalue weighted by Gasteiger charge is 2.34. The summed E-state index contributed by atoms with van der Waals surface area (Å²) in [4.78, 5) is 3.84. The first-order valence-corrected chi connectivity index (χ1v) is 10.7. The number of ether oxygens (including phenoxy) is 1. The normalized spacial score (nSPS) is 15.9. The molecule has 0 radical (unpaired) electrons. The highest BCUT2D eigenvalue weighted by molar-refractivity contribution is 5.56. The average molecular weight is 426 g/mol. The summed E-state index contributed by atoms with van der Waals surface area (Å²) in [7, 11) is 1.67. The molecule has 7 nitrogen and oxygen atoms in total. The van der Waals surface area contributed by atoms with Crippen LogP contribution in [0.2, 0.25) is 0 Å². The number of benzene rings is 2. The number of rotatable bonds is 7. The summed E-state index contributed by atoms with van der Waals surface area (Å²) in [6.45, 7) is 9.22. The van der Waals surface area contributed by atoms with E-state index in [1.807, 2.05) is 16.8 Å². The topological polar surface area (TPSA) is 60.5 Å². The minimum atomic E-state index is -0.240. The van der Waals surface area contributed by atoms with Gasteiger partial charge >= 0.3 is 0 Å². The summed E-state index contributed by atoms with van der Waals surface area (Å²) in [5, 5.41) is 12.5. The molecule has 31 heavy (non-hydrogen) atoms. The van der Waals surface area contributed by atoms with Crippen LogP contribution in [0.3, 0.4) is 0 Å². The monoisotopic (exact) mass is 425 g/mol. The lowest BCUT2D eigenvalue weighted by molar-refractivity contribution is -0.927. The van der Waals surface area contributed by atoms with Crippen molar-refractivity contribution in [3.63, 3.8) is 0 Å². The molecule has 1 fully saturated rings. The molecule has 1 atom stereocenters. The van der Waals surface area contributed by atoms with Gasteiger partial charge in [-0.3, -0.25) is 0 Å². The Morgan fingerprint density at radius 1 is 1.10 bits per heavy atom. The van der Waals surface area contributed by atoms with Crippen LogP contribution >= 0.6 is 0 Å². The number of aromatic nitrogens is 4. The van der Waals surface area contributed by atoms with E-state index in [0.717, 1.165) is 37.6 Å². The number of anilines is 1. The fourth-order valence-electron chi connectivity index (χ4n) is 4.38. The van der Waals surface area contributed by atoms with Gasteiger partial charge in [-0.15, -0.1) is 5.10 Å². The van der Waals surface area contributed by atoms with E-state index in [-0.39, 0.29) is 11.9 Å². The maximum atomic E-state index is 13.6. The van der Waals surface area contributed by atoms with Gasteiger partial charge in [0.15, 0.2) is 6.04 Å². The number of methoxy groups -OCH3 is 1. The number of nitrogens with zero attached hydrogens (tertiary/aromatic N) is 5. The molecule has 8 heteroatoms. The second kappa shape index (κ2) is 9.53. The van der Waals surface area contributed by atoms with Crippen molar-refractivity contribution in [2.45, 2.75) is 26.4 Å². The van der Waals surface area contributed by atoms with Crippen molar-refractivity contribution in [1.29, 1.82) is 0 Å². The molecule has 164 valence electrons. The van der Waals surface area contributed by atoms with Gasteiger partial charge in [-0.05, 0) is 65.7 Å². The predicted molar refractivity (Wildman–Crippen MR) is 117 cm³/mol. The summed E-state index contributed by atoms with van der Waals surface area (Å²) < 4.78 is 20.6. The largest absolute Gasteiger partial charge is 0.383 e. The number of quaternary nitrogens is 1. The van der Waals surface area contributed by atoms with E-state index in [1.165, 1.54) is 33.8 Å². The third-order valence-corrected chi connectivity index (χ3v) is 6.26. The number of halogens is 1. The van der Waals surface area contributed by atoms with Gasteiger partial charge in [0, 0.05) is 18.4 Å². The Labute approximate surface area is 182 Å². The van der Waals surface area contributed by atoms with E-state index < -0.39 is 0 Å². The highest BCUT2D eigenvalue weighted by atomic mass is 19.1. The Morgan fingerprint density at radius 3 is 2.55 bits per heavy atom. The van der Waals surface area contributed by atoms with Gasteiger partial charge in [0.2, 0.25) is 5.82 Å². The molecule has 0 amide bonds. The third kappa shape index (κ3) is 4.60. The van der Waals surface area contributed by atoms with Crippen LogP contribution in [-0.4, -0.2) is 60.1 Å². The zero-order valence-corrected chi connectivity index (χ0v) is 18.4. The highest BCUT2D eigenvalue weighted by Crippen LogP contribution is 2.23. The Balaban J connectivity index is 1.59. The van der Waals surface area contributed by atoms with Gasteiger partial charge in [-0.2, -0.15) is 0 Å². The van der Waals surface area contributed by atoms with Crippen molar-refractivity contribution < 1.29 is 14.0 Å². The van der Waals surface area contributed by atoms with Gasteiger partial charge in [0.1, 0.15) is 5.82 Å². The van der Waals surface area contributed by atoms with Crippen molar-refractivity contribution in [3.05, 3.63) is 70.8 Å². The summed E-state index contributed by atoms with van der Waals surface area (Å²) >= 11 is 0. The van der Waals surface area contributed by atoms with Crippen molar-refractivity contribution in [2.24, 2.45) is 0 Å². The number of piperazine rings is 1. The fraction of sp³-hybridized carbons (Fsp3) is 0.435. The smallest absolute Gasteiger partial charge is 0.214 e. The Morgan fingerprint density at radius 2 is 1.84 bits per heavy atom. The van der Waals surface area contributed by atoms with E-state index in [1.54, 1.807) is 7.11 Å². The summed E-state index contributed by atoms with van der Waals surface area (Å²) in [5.74, 6) is 0.551. The molecular weight excluding hydrogens is 395 g/mol. The molecule has 3 aromatic rings. The first-order chi connectivity index (χ1) is 15.1. The SMILES string of the molecule is COCCn1nnnc1[C@@H](c1ccc(F)cc1)[NH+]1CCN(c2cccc(C)c2C)CC1. The van der Waals surface area contributed by atoms with Gasteiger partial charge in [-0.1, -0.05) is 12.1 Å². The number of tetrazole rings is 1. The molecule has 2 aromatic carbocycles. The predicted octanol–water partition coefficient (Wildman–Crippen LogP) is 1.57. The molecule has 1 N–H and O–H groups in total. The van der Waals surface area contributed by atoms with Gasteiger partial charge in [-0.25, -0.2) is 9.07 Å². The second-order valence-corrected chi connectivity index (χ2v) is 8.10. The van der Waals surface area contributed by atoms with Crippen molar-refractivity contribution in [1.82, 2.24) is 20.2 Å². The molecule has 0 unspecified atom stereocenters. The van der Waals surface area contributed by atoms with Crippen LogP contribution in [0.25, 0.3) is 0 Å². The van der Waals surface area contributed by atoms with Crippen LogP contribution in [-0.2, 0) is 11.3 Å². The average Bonchev–Trinajstić information content (AvgIpc) is 3.24. The second-order valence-electron chi connectivity index (χ2n) is 8.10. The molecule has 4 rings (SSSR count). The quantitative estimate of drug-likeness (QED) is 0.623. The Hall–Kier alpha value is -2.84. The standard InChI is InChI=1S/C23H29FN6O/c1-17-5-4-6-21(18(17)2)28-11-13-29(14-12-28)22(19-7-9-20(24)10-8-19)23-25-26-27-30(23)15-16-31-3/h4-10,22H,11-16H2,1-3H3/p+1/t22-/m1/s1. The van der Waals surface area contributed by atoms with Crippen LogP contribution in [0, 0.1) is 19.7 Å². The zero-order valence-electron chi connectivity index (χ0n) is 18.4. The molecule has 1 aliphatic heterocycles. The minimum absolute atomic E-state index is 0.0618. The summed E-state index contributed by atoms with van der Waals surface area (Å²) in [6.07, 6.45) is 0. The van der Waals surface area contributed by atoms with Crippen LogP contribution in [0.5, 0.6) is 0 Å². The molecule has 1 aliphatic rings. The number of hydrogen-bond acceptors (Lipinski definition) is 5. The zero-order chi connectivity index (χ0) is 21.8. The lowest BCUT2D eigenvalue weighted by Gasteiger charge is -2.38. The van der Waals surface area contributed by atoms with Crippen molar-refractivity contribution in [2.75, 3.05) is 44.8 Å². The Bertz CT molecular complexity index is 998.